The largest absolute Gasteiger partial charge is 0.478 e. The van der Waals surface area contributed by atoms with E-state index in [0.717, 1.165) is 16.3 Å². The lowest BCUT2D eigenvalue weighted by molar-refractivity contribution is 0.0696. The van der Waals surface area contributed by atoms with Gasteiger partial charge in [-0.05, 0) is 38.3 Å². The van der Waals surface area contributed by atoms with Crippen LogP contribution in [-0.2, 0) is 0 Å². The predicted octanol–water partition coefficient (Wildman–Crippen LogP) is 3.80. The van der Waals surface area contributed by atoms with Crippen molar-refractivity contribution in [3.8, 4) is 10.6 Å². The number of carboxylic acids is 1. The Morgan fingerprint density at radius 3 is 2.65 bits per heavy atom. The van der Waals surface area contributed by atoms with Crippen LogP contribution in [0.25, 0.3) is 10.6 Å². The van der Waals surface area contributed by atoms with Crippen LogP contribution in [0.5, 0.6) is 0 Å². The molecule has 2 heterocycles. The van der Waals surface area contributed by atoms with E-state index >= 15 is 0 Å². The number of hydrogen-bond acceptors (Lipinski definition) is 2. The van der Waals surface area contributed by atoms with Crippen molar-refractivity contribution in [1.29, 1.82) is 0 Å². The first-order valence-electron chi connectivity index (χ1n) is 5.51. The zero-order valence-electron chi connectivity index (χ0n) is 10.1. The van der Waals surface area contributed by atoms with Gasteiger partial charge in [-0.2, -0.15) is 0 Å². The maximum Gasteiger partial charge on any atom is 0.337 e. The minimum atomic E-state index is -0.861. The Morgan fingerprint density at radius 1 is 1.47 bits per heavy atom. The third-order valence-corrected chi connectivity index (χ3v) is 3.70. The topological polar surface area (TPSA) is 42.2 Å². The normalized spacial score (nSPS) is 11.1. The molecule has 90 valence electrons. The minimum absolute atomic E-state index is 0.250. The van der Waals surface area contributed by atoms with Gasteiger partial charge in [-0.1, -0.05) is 6.07 Å². The fraction of sp³-hybridized carbons (Fsp3) is 0.308. The standard InChI is InChI=1S/C13H15NO2S/c1-8(2)14-9(3)10(13(15)16)7-11(14)12-5-4-6-17-12/h4-8H,1-3H3,(H,15,16). The van der Waals surface area contributed by atoms with Crippen LogP contribution in [0, 0.1) is 6.92 Å². The van der Waals surface area contributed by atoms with Gasteiger partial charge in [-0.15, -0.1) is 11.3 Å². The molecule has 3 nitrogen and oxygen atoms in total. The third-order valence-electron chi connectivity index (χ3n) is 2.81. The number of carboxylic acid groups (broad SMARTS) is 1. The van der Waals surface area contributed by atoms with Gasteiger partial charge in [0.15, 0.2) is 0 Å². The van der Waals surface area contributed by atoms with Crippen molar-refractivity contribution < 1.29 is 9.90 Å². The summed E-state index contributed by atoms with van der Waals surface area (Å²) >= 11 is 1.63. The van der Waals surface area contributed by atoms with E-state index in [2.05, 4.69) is 18.4 Å². The molecule has 0 aromatic carbocycles. The predicted molar refractivity (Wildman–Crippen MR) is 69.8 cm³/mol. The average Bonchev–Trinajstić information content (AvgIpc) is 2.82. The molecule has 0 aliphatic carbocycles. The van der Waals surface area contributed by atoms with E-state index in [1.54, 1.807) is 17.4 Å². The number of hydrogen-bond donors (Lipinski definition) is 1. The van der Waals surface area contributed by atoms with Crippen LogP contribution in [0.15, 0.2) is 23.6 Å². The summed E-state index contributed by atoms with van der Waals surface area (Å²) in [4.78, 5) is 12.3. The van der Waals surface area contributed by atoms with Gasteiger partial charge in [-0.25, -0.2) is 4.79 Å². The second-order valence-electron chi connectivity index (χ2n) is 4.27. The first-order valence-corrected chi connectivity index (χ1v) is 6.39. The van der Waals surface area contributed by atoms with Crippen molar-refractivity contribution in [2.45, 2.75) is 26.8 Å². The van der Waals surface area contributed by atoms with Crippen molar-refractivity contribution in [3.05, 3.63) is 34.8 Å². The van der Waals surface area contributed by atoms with Crippen LogP contribution < -0.4 is 0 Å². The lowest BCUT2D eigenvalue weighted by atomic mass is 10.2. The van der Waals surface area contributed by atoms with Crippen LogP contribution in [0.2, 0.25) is 0 Å². The summed E-state index contributed by atoms with van der Waals surface area (Å²) in [6.45, 7) is 5.99. The monoisotopic (exact) mass is 249 g/mol. The van der Waals surface area contributed by atoms with Crippen LogP contribution >= 0.6 is 11.3 Å². The van der Waals surface area contributed by atoms with Gasteiger partial charge < -0.3 is 9.67 Å². The number of rotatable bonds is 3. The molecule has 0 saturated carbocycles. The zero-order chi connectivity index (χ0) is 12.6. The minimum Gasteiger partial charge on any atom is -0.478 e. The second kappa shape index (κ2) is 4.37. The maximum atomic E-state index is 11.2. The Morgan fingerprint density at radius 2 is 2.18 bits per heavy atom. The molecule has 2 aromatic rings. The van der Waals surface area contributed by atoms with Gasteiger partial charge in [0.05, 0.1) is 16.1 Å². The Kier molecular flexibility index (Phi) is 3.07. The summed E-state index contributed by atoms with van der Waals surface area (Å²) < 4.78 is 2.08. The fourth-order valence-electron chi connectivity index (χ4n) is 2.12. The quantitative estimate of drug-likeness (QED) is 0.898. The Hall–Kier alpha value is -1.55. The molecule has 0 radical (unpaired) electrons. The molecule has 0 atom stereocenters. The second-order valence-corrected chi connectivity index (χ2v) is 5.22. The van der Waals surface area contributed by atoms with Gasteiger partial charge in [0.2, 0.25) is 0 Å². The summed E-state index contributed by atoms with van der Waals surface area (Å²) in [5.74, 6) is -0.861. The highest BCUT2D eigenvalue weighted by atomic mass is 32.1. The van der Waals surface area contributed by atoms with Crippen molar-refractivity contribution in [2.24, 2.45) is 0 Å². The maximum absolute atomic E-state index is 11.2. The Balaban J connectivity index is 2.66. The van der Waals surface area contributed by atoms with E-state index in [4.69, 9.17) is 0 Å². The molecule has 2 rings (SSSR count). The summed E-state index contributed by atoms with van der Waals surface area (Å²) in [6.07, 6.45) is 0. The molecule has 4 heteroatoms. The van der Waals surface area contributed by atoms with Gasteiger partial charge in [0.1, 0.15) is 0 Å². The van der Waals surface area contributed by atoms with E-state index in [1.807, 2.05) is 24.4 Å². The summed E-state index contributed by atoms with van der Waals surface area (Å²) in [6, 6.07) is 6.01. The summed E-state index contributed by atoms with van der Waals surface area (Å²) in [5, 5.41) is 11.2. The van der Waals surface area contributed by atoms with Crippen molar-refractivity contribution >= 4 is 17.3 Å². The molecule has 0 saturated heterocycles. The molecule has 17 heavy (non-hydrogen) atoms. The summed E-state index contributed by atoms with van der Waals surface area (Å²) in [5.41, 5.74) is 2.20. The molecule has 1 N–H and O–H groups in total. The molecule has 0 bridgehead atoms. The highest BCUT2D eigenvalue weighted by Crippen LogP contribution is 2.31. The van der Waals surface area contributed by atoms with Gasteiger partial charge in [0, 0.05) is 11.7 Å². The van der Waals surface area contributed by atoms with Crippen LogP contribution in [0.1, 0.15) is 35.9 Å². The number of carbonyl (C=O) groups is 1. The molecule has 0 aliphatic heterocycles. The molecular formula is C13H15NO2S. The number of aromatic nitrogens is 1. The Bertz CT molecular complexity index is 538. The Labute approximate surface area is 104 Å². The van der Waals surface area contributed by atoms with Crippen molar-refractivity contribution in [3.63, 3.8) is 0 Å². The lowest BCUT2D eigenvalue weighted by Gasteiger charge is -2.14. The van der Waals surface area contributed by atoms with E-state index in [-0.39, 0.29) is 6.04 Å². The highest BCUT2D eigenvalue weighted by molar-refractivity contribution is 7.13. The number of aromatic carboxylic acids is 1. The fourth-order valence-corrected chi connectivity index (χ4v) is 2.86. The van der Waals surface area contributed by atoms with E-state index in [1.165, 1.54) is 0 Å². The molecule has 0 unspecified atom stereocenters. The number of thiophene rings is 1. The molecule has 0 amide bonds. The first kappa shape index (κ1) is 11.9. The van der Waals surface area contributed by atoms with E-state index in [0.29, 0.717) is 5.56 Å². The van der Waals surface area contributed by atoms with E-state index in [9.17, 15) is 9.90 Å². The van der Waals surface area contributed by atoms with Crippen LogP contribution in [0.3, 0.4) is 0 Å². The number of nitrogens with zero attached hydrogens (tertiary/aromatic N) is 1. The van der Waals surface area contributed by atoms with Crippen molar-refractivity contribution in [2.75, 3.05) is 0 Å². The average molecular weight is 249 g/mol. The van der Waals surface area contributed by atoms with Crippen LogP contribution in [0.4, 0.5) is 0 Å². The van der Waals surface area contributed by atoms with Crippen LogP contribution in [-0.4, -0.2) is 15.6 Å². The van der Waals surface area contributed by atoms with Crippen molar-refractivity contribution in [1.82, 2.24) is 4.57 Å². The van der Waals surface area contributed by atoms with Gasteiger partial charge >= 0.3 is 5.97 Å². The highest BCUT2D eigenvalue weighted by Gasteiger charge is 2.19. The first-order chi connectivity index (χ1) is 8.02. The lowest BCUT2D eigenvalue weighted by Crippen LogP contribution is -2.06. The molecule has 0 spiro atoms. The van der Waals surface area contributed by atoms with Gasteiger partial charge in [-0.3, -0.25) is 0 Å². The zero-order valence-corrected chi connectivity index (χ0v) is 10.9. The molecule has 0 aliphatic rings. The van der Waals surface area contributed by atoms with Gasteiger partial charge in [0.25, 0.3) is 0 Å². The SMILES string of the molecule is Cc1c(C(=O)O)cc(-c2cccs2)n1C(C)C. The van der Waals surface area contributed by atoms with E-state index < -0.39 is 5.97 Å². The third kappa shape index (κ3) is 2.00. The molecule has 0 fully saturated rings. The smallest absolute Gasteiger partial charge is 0.337 e. The molecule has 2 aromatic heterocycles. The molecular weight excluding hydrogens is 234 g/mol. The summed E-state index contributed by atoms with van der Waals surface area (Å²) in [7, 11) is 0.